The molecule has 1 aliphatic rings. The molecule has 0 unspecified atom stereocenters. The molecule has 0 aliphatic carbocycles. The quantitative estimate of drug-likeness (QED) is 0.638. The first-order valence-electron chi connectivity index (χ1n) is 7.00. The van der Waals surface area contributed by atoms with E-state index in [-0.39, 0.29) is 11.8 Å². The number of allylic oxidation sites excluding steroid dienone is 1. The van der Waals surface area contributed by atoms with Crippen LogP contribution < -0.4 is 10.6 Å². The minimum atomic E-state index is 0.0213. The van der Waals surface area contributed by atoms with Crippen LogP contribution in [0.1, 0.15) is 25.7 Å². The number of hydrogen-bond donors (Lipinski definition) is 2. The molecule has 6 heteroatoms. The smallest absolute Gasteiger partial charge is 0.221 e. The Morgan fingerprint density at radius 2 is 1.75 bits per heavy atom. The first kappa shape index (κ1) is 16.4. The van der Waals surface area contributed by atoms with Gasteiger partial charge in [0.15, 0.2) is 0 Å². The van der Waals surface area contributed by atoms with E-state index in [9.17, 15) is 9.59 Å². The molecule has 2 N–H and O–H groups in total. The second kappa shape index (κ2) is 9.25. The molecule has 112 valence electrons. The monoisotopic (exact) mass is 280 g/mol. The van der Waals surface area contributed by atoms with Crippen LogP contribution in [0.15, 0.2) is 16.8 Å². The van der Waals surface area contributed by atoms with Gasteiger partial charge in [-0.1, -0.05) is 6.08 Å². The van der Waals surface area contributed by atoms with Crippen molar-refractivity contribution in [2.24, 2.45) is 4.99 Å². The van der Waals surface area contributed by atoms with E-state index >= 15 is 0 Å². The third-order valence-electron chi connectivity index (χ3n) is 3.27. The van der Waals surface area contributed by atoms with Gasteiger partial charge in [0.25, 0.3) is 0 Å². The third kappa shape index (κ3) is 6.47. The highest BCUT2D eigenvalue weighted by Gasteiger charge is 2.11. The lowest BCUT2D eigenvalue weighted by molar-refractivity contribution is -0.120. The van der Waals surface area contributed by atoms with E-state index < -0.39 is 0 Å². The van der Waals surface area contributed by atoms with E-state index in [0.29, 0.717) is 25.9 Å². The first-order valence-corrected chi connectivity index (χ1v) is 7.00. The van der Waals surface area contributed by atoms with Gasteiger partial charge in [-0.15, -0.1) is 0 Å². The largest absolute Gasteiger partial charge is 0.359 e. The minimum absolute atomic E-state index is 0.0213. The standard InChI is InChI=1S/C14H24N4O2/c1-15-13(19)6-10-18(11-7-14(20)16-2)9-5-12-4-3-8-17-12/h4,8H,3,5-7,9-11H2,1-2H3,(H,15,19)(H,16,20). The Morgan fingerprint density at radius 3 is 2.20 bits per heavy atom. The number of aliphatic imine (C=N–C) groups is 1. The van der Waals surface area contributed by atoms with Crippen molar-refractivity contribution in [3.63, 3.8) is 0 Å². The maximum absolute atomic E-state index is 11.3. The molecule has 0 fully saturated rings. The molecule has 0 aromatic carbocycles. The van der Waals surface area contributed by atoms with Crippen LogP contribution in [0.4, 0.5) is 0 Å². The highest BCUT2D eigenvalue weighted by molar-refractivity contribution is 5.76. The summed E-state index contributed by atoms with van der Waals surface area (Å²) in [4.78, 5) is 29.1. The number of rotatable bonds is 9. The Balaban J connectivity index is 2.38. The molecule has 0 bridgehead atoms. The van der Waals surface area contributed by atoms with Crippen molar-refractivity contribution >= 4 is 18.0 Å². The summed E-state index contributed by atoms with van der Waals surface area (Å²) in [6, 6.07) is 0. The van der Waals surface area contributed by atoms with Gasteiger partial charge in [-0.05, 0) is 0 Å². The lowest BCUT2D eigenvalue weighted by Gasteiger charge is -2.21. The number of nitrogens with one attached hydrogen (secondary N) is 2. The predicted molar refractivity (Wildman–Crippen MR) is 79.6 cm³/mol. The predicted octanol–water partition coefficient (Wildman–Crippen LogP) is 0.309. The van der Waals surface area contributed by atoms with E-state index in [2.05, 4.69) is 26.6 Å². The van der Waals surface area contributed by atoms with Crippen LogP contribution in [-0.2, 0) is 9.59 Å². The number of hydrogen-bond acceptors (Lipinski definition) is 4. The fourth-order valence-corrected chi connectivity index (χ4v) is 1.96. The summed E-state index contributed by atoms with van der Waals surface area (Å²) in [7, 11) is 3.27. The van der Waals surface area contributed by atoms with Gasteiger partial charge < -0.3 is 15.5 Å². The lowest BCUT2D eigenvalue weighted by atomic mass is 10.2. The SMILES string of the molecule is CNC(=O)CCN(CCC(=O)NC)CCC1=CCC=N1. The van der Waals surface area contributed by atoms with Crippen molar-refractivity contribution in [1.29, 1.82) is 0 Å². The molecule has 0 aromatic rings. The topological polar surface area (TPSA) is 73.8 Å². The molecule has 1 aliphatic heterocycles. The number of carbonyl (C=O) groups is 2. The third-order valence-corrected chi connectivity index (χ3v) is 3.27. The maximum Gasteiger partial charge on any atom is 0.221 e. The zero-order valence-corrected chi connectivity index (χ0v) is 12.3. The Bertz CT molecular complexity index is 371. The average molecular weight is 280 g/mol. The van der Waals surface area contributed by atoms with Crippen LogP contribution in [0.2, 0.25) is 0 Å². The molecule has 0 aromatic heterocycles. The van der Waals surface area contributed by atoms with Crippen molar-refractivity contribution < 1.29 is 9.59 Å². The van der Waals surface area contributed by atoms with Gasteiger partial charge in [0.1, 0.15) is 0 Å². The van der Waals surface area contributed by atoms with Crippen LogP contribution in [-0.4, -0.2) is 56.7 Å². The van der Waals surface area contributed by atoms with Gasteiger partial charge in [-0.3, -0.25) is 14.6 Å². The summed E-state index contributed by atoms with van der Waals surface area (Å²) in [5.41, 5.74) is 1.09. The maximum atomic E-state index is 11.3. The summed E-state index contributed by atoms with van der Waals surface area (Å²) in [6.45, 7) is 2.14. The molecule has 20 heavy (non-hydrogen) atoms. The zero-order valence-electron chi connectivity index (χ0n) is 12.3. The second-order valence-corrected chi connectivity index (χ2v) is 4.68. The van der Waals surface area contributed by atoms with Crippen LogP contribution in [0.25, 0.3) is 0 Å². The first-order chi connectivity index (χ1) is 9.65. The molecule has 1 rings (SSSR count). The van der Waals surface area contributed by atoms with E-state index in [1.165, 1.54) is 0 Å². The van der Waals surface area contributed by atoms with Gasteiger partial charge in [-0.25, -0.2) is 0 Å². The second-order valence-electron chi connectivity index (χ2n) is 4.68. The summed E-state index contributed by atoms with van der Waals surface area (Å²) in [5, 5.41) is 5.23. The molecule has 0 spiro atoms. The Hall–Kier alpha value is -1.69. The summed E-state index contributed by atoms with van der Waals surface area (Å²) in [5.74, 6) is 0.0427. The normalized spacial score (nSPS) is 13.4. The van der Waals surface area contributed by atoms with E-state index in [1.807, 2.05) is 6.21 Å². The molecular formula is C14H24N4O2. The zero-order chi connectivity index (χ0) is 14.8. The highest BCUT2D eigenvalue weighted by Crippen LogP contribution is 2.11. The van der Waals surface area contributed by atoms with Crippen LogP contribution in [0.3, 0.4) is 0 Å². The van der Waals surface area contributed by atoms with E-state index in [4.69, 9.17) is 0 Å². The molecule has 6 nitrogen and oxygen atoms in total. The molecule has 0 saturated carbocycles. The number of amides is 2. The van der Waals surface area contributed by atoms with Crippen LogP contribution >= 0.6 is 0 Å². The Kier molecular flexibility index (Phi) is 7.57. The van der Waals surface area contributed by atoms with Crippen LogP contribution in [0, 0.1) is 0 Å². The Morgan fingerprint density at radius 1 is 1.15 bits per heavy atom. The van der Waals surface area contributed by atoms with Crippen molar-refractivity contribution in [2.45, 2.75) is 25.7 Å². The molecule has 0 radical (unpaired) electrons. The molecule has 2 amide bonds. The fraction of sp³-hybridized carbons (Fsp3) is 0.643. The molecule has 0 atom stereocenters. The molecular weight excluding hydrogens is 256 g/mol. The van der Waals surface area contributed by atoms with E-state index in [0.717, 1.165) is 25.1 Å². The minimum Gasteiger partial charge on any atom is -0.359 e. The summed E-state index contributed by atoms with van der Waals surface area (Å²) in [6.07, 6.45) is 6.67. The lowest BCUT2D eigenvalue weighted by Crippen LogP contribution is -2.33. The number of nitrogens with zero attached hydrogens (tertiary/aromatic N) is 2. The van der Waals surface area contributed by atoms with Gasteiger partial charge >= 0.3 is 0 Å². The van der Waals surface area contributed by atoms with E-state index in [1.54, 1.807) is 14.1 Å². The van der Waals surface area contributed by atoms with Gasteiger partial charge in [0.2, 0.25) is 11.8 Å². The van der Waals surface area contributed by atoms with Crippen molar-refractivity contribution in [1.82, 2.24) is 15.5 Å². The average Bonchev–Trinajstić information content (AvgIpc) is 2.98. The van der Waals surface area contributed by atoms with Crippen LogP contribution in [0.5, 0.6) is 0 Å². The van der Waals surface area contributed by atoms with Crippen molar-refractivity contribution in [3.05, 3.63) is 11.8 Å². The number of carbonyl (C=O) groups excluding carboxylic acids is 2. The van der Waals surface area contributed by atoms with Crippen molar-refractivity contribution in [3.8, 4) is 0 Å². The summed E-state index contributed by atoms with van der Waals surface area (Å²) < 4.78 is 0. The Labute approximate surface area is 120 Å². The van der Waals surface area contributed by atoms with Gasteiger partial charge in [0, 0.05) is 71.3 Å². The summed E-state index contributed by atoms with van der Waals surface area (Å²) >= 11 is 0. The van der Waals surface area contributed by atoms with Crippen molar-refractivity contribution in [2.75, 3.05) is 33.7 Å². The molecule has 0 saturated heterocycles. The highest BCUT2D eigenvalue weighted by atomic mass is 16.2. The fourth-order valence-electron chi connectivity index (χ4n) is 1.96. The van der Waals surface area contributed by atoms with Gasteiger partial charge in [-0.2, -0.15) is 0 Å². The molecule has 1 heterocycles. The van der Waals surface area contributed by atoms with Gasteiger partial charge in [0.05, 0.1) is 0 Å².